The van der Waals surface area contributed by atoms with E-state index in [9.17, 15) is 9.59 Å². The number of amides is 2. The van der Waals surface area contributed by atoms with Gasteiger partial charge in [0.25, 0.3) is 0 Å². The monoisotopic (exact) mass is 286 g/mol. The predicted molar refractivity (Wildman–Crippen MR) is 80.2 cm³/mol. The highest BCUT2D eigenvalue weighted by atomic mass is 32.2. The van der Waals surface area contributed by atoms with Crippen LogP contribution in [0.4, 0.5) is 0 Å². The van der Waals surface area contributed by atoms with Crippen molar-refractivity contribution in [3.63, 3.8) is 0 Å². The average molecular weight is 286 g/mol. The minimum Gasteiger partial charge on any atom is -0.344 e. The number of thioether (sulfide) groups is 1. The van der Waals surface area contributed by atoms with Crippen molar-refractivity contribution in [3.05, 3.63) is 0 Å². The maximum atomic E-state index is 12.5. The van der Waals surface area contributed by atoms with Crippen molar-refractivity contribution in [2.45, 2.75) is 52.6 Å². The highest BCUT2D eigenvalue weighted by molar-refractivity contribution is 7.99. The Balaban J connectivity index is 2.74. The van der Waals surface area contributed by atoms with Crippen molar-refractivity contribution in [1.82, 2.24) is 10.2 Å². The van der Waals surface area contributed by atoms with Gasteiger partial charge in [0, 0.05) is 24.8 Å². The molecule has 1 rings (SSSR count). The Hall–Kier alpha value is -0.710. The summed E-state index contributed by atoms with van der Waals surface area (Å²) in [7, 11) is 0. The minimum absolute atomic E-state index is 0.00196. The van der Waals surface area contributed by atoms with Crippen LogP contribution >= 0.6 is 11.8 Å². The molecule has 110 valence electrons. The van der Waals surface area contributed by atoms with Gasteiger partial charge in [0.1, 0.15) is 6.04 Å². The van der Waals surface area contributed by atoms with Crippen molar-refractivity contribution in [3.8, 4) is 0 Å². The first-order chi connectivity index (χ1) is 8.95. The summed E-state index contributed by atoms with van der Waals surface area (Å²) in [5, 5.41) is 2.87. The summed E-state index contributed by atoms with van der Waals surface area (Å²) < 4.78 is 0. The Morgan fingerprint density at radius 3 is 2.68 bits per heavy atom. The van der Waals surface area contributed by atoms with Gasteiger partial charge in [0.2, 0.25) is 11.8 Å². The number of rotatable bonds is 6. The highest BCUT2D eigenvalue weighted by Crippen LogP contribution is 2.16. The van der Waals surface area contributed by atoms with Gasteiger partial charge in [-0.3, -0.25) is 9.59 Å². The summed E-state index contributed by atoms with van der Waals surface area (Å²) in [6.07, 6.45) is 1.13. The molecule has 1 saturated heterocycles. The second kappa shape index (κ2) is 7.78. The van der Waals surface area contributed by atoms with Crippen molar-refractivity contribution in [2.24, 2.45) is 5.92 Å². The van der Waals surface area contributed by atoms with Crippen LogP contribution in [-0.2, 0) is 9.59 Å². The van der Waals surface area contributed by atoms with E-state index in [1.54, 1.807) is 0 Å². The van der Waals surface area contributed by atoms with Gasteiger partial charge in [-0.05, 0) is 25.0 Å². The standard InChI is InChI=1S/C14H26N2O2S/c1-5-19-7-6-16-11(4)9-13(17)15-12(14(16)18)8-10(2)3/h10-12H,5-9H2,1-4H3,(H,15,17). The molecule has 4 nitrogen and oxygen atoms in total. The van der Waals surface area contributed by atoms with Crippen LogP contribution in [0.15, 0.2) is 0 Å². The number of nitrogens with one attached hydrogen (secondary N) is 1. The number of hydrogen-bond acceptors (Lipinski definition) is 3. The fourth-order valence-corrected chi connectivity index (χ4v) is 2.99. The van der Waals surface area contributed by atoms with Gasteiger partial charge >= 0.3 is 0 Å². The molecule has 0 aromatic rings. The first-order valence-corrected chi connectivity index (χ1v) is 8.28. The Morgan fingerprint density at radius 2 is 2.11 bits per heavy atom. The first kappa shape index (κ1) is 16.3. The zero-order valence-electron chi connectivity index (χ0n) is 12.4. The zero-order chi connectivity index (χ0) is 14.4. The normalized spacial score (nSPS) is 24.6. The van der Waals surface area contributed by atoms with Crippen LogP contribution in [0.2, 0.25) is 0 Å². The molecule has 1 N–H and O–H groups in total. The van der Waals surface area contributed by atoms with E-state index in [-0.39, 0.29) is 23.9 Å². The highest BCUT2D eigenvalue weighted by Gasteiger charge is 2.33. The van der Waals surface area contributed by atoms with Crippen LogP contribution in [0, 0.1) is 5.92 Å². The van der Waals surface area contributed by atoms with E-state index in [0.717, 1.165) is 18.1 Å². The molecule has 0 aromatic carbocycles. The third-order valence-corrected chi connectivity index (χ3v) is 4.20. The maximum absolute atomic E-state index is 12.5. The SMILES string of the molecule is CCSCCN1C(=O)C(CC(C)C)NC(=O)CC1C. The lowest BCUT2D eigenvalue weighted by atomic mass is 10.0. The number of carbonyl (C=O) groups is 2. The summed E-state index contributed by atoms with van der Waals surface area (Å²) in [5.74, 6) is 2.48. The fraction of sp³-hybridized carbons (Fsp3) is 0.857. The van der Waals surface area contributed by atoms with Crippen molar-refractivity contribution >= 4 is 23.6 Å². The molecule has 2 unspecified atom stereocenters. The Morgan fingerprint density at radius 1 is 1.42 bits per heavy atom. The lowest BCUT2D eigenvalue weighted by Gasteiger charge is -2.29. The molecule has 2 atom stereocenters. The molecule has 1 fully saturated rings. The summed E-state index contributed by atoms with van der Waals surface area (Å²) in [6, 6.07) is -0.341. The maximum Gasteiger partial charge on any atom is 0.245 e. The third-order valence-electron chi connectivity index (χ3n) is 3.32. The van der Waals surface area contributed by atoms with Gasteiger partial charge in [0.05, 0.1) is 0 Å². The number of carbonyl (C=O) groups excluding carboxylic acids is 2. The quantitative estimate of drug-likeness (QED) is 0.759. The van der Waals surface area contributed by atoms with Crippen LogP contribution in [-0.4, -0.2) is 46.8 Å². The smallest absolute Gasteiger partial charge is 0.245 e. The molecule has 0 radical (unpaired) electrons. The molecule has 1 aliphatic rings. The second-order valence-electron chi connectivity index (χ2n) is 5.53. The number of hydrogen-bond donors (Lipinski definition) is 1. The Bertz CT molecular complexity index is 321. The third kappa shape index (κ3) is 5.05. The predicted octanol–water partition coefficient (Wildman–Crippen LogP) is 1.89. The fourth-order valence-electron chi connectivity index (χ4n) is 2.38. The summed E-state index contributed by atoms with van der Waals surface area (Å²) >= 11 is 1.83. The van der Waals surface area contributed by atoms with Crippen molar-refractivity contribution in [2.75, 3.05) is 18.1 Å². The summed E-state index contributed by atoms with van der Waals surface area (Å²) in [4.78, 5) is 26.2. The van der Waals surface area contributed by atoms with Crippen LogP contribution in [0.25, 0.3) is 0 Å². The van der Waals surface area contributed by atoms with E-state index < -0.39 is 0 Å². The van der Waals surface area contributed by atoms with Crippen LogP contribution in [0.5, 0.6) is 0 Å². The Kier molecular flexibility index (Phi) is 6.69. The van der Waals surface area contributed by atoms with E-state index in [4.69, 9.17) is 0 Å². The van der Waals surface area contributed by atoms with Crippen molar-refractivity contribution in [1.29, 1.82) is 0 Å². The van der Waals surface area contributed by atoms with Gasteiger partial charge in [-0.1, -0.05) is 20.8 Å². The van der Waals surface area contributed by atoms with Crippen molar-refractivity contribution < 1.29 is 9.59 Å². The molecule has 1 heterocycles. The molecule has 2 amide bonds. The molecule has 0 saturated carbocycles. The van der Waals surface area contributed by atoms with E-state index in [1.807, 2.05) is 23.6 Å². The molecule has 5 heteroatoms. The van der Waals surface area contributed by atoms with Gasteiger partial charge in [-0.25, -0.2) is 0 Å². The van der Waals surface area contributed by atoms with E-state index in [0.29, 0.717) is 18.8 Å². The molecular formula is C14H26N2O2S. The molecule has 1 aliphatic heterocycles. The van der Waals surface area contributed by atoms with Gasteiger partial charge in [-0.15, -0.1) is 0 Å². The minimum atomic E-state index is -0.343. The zero-order valence-corrected chi connectivity index (χ0v) is 13.3. The van der Waals surface area contributed by atoms with Crippen LogP contribution in [0.3, 0.4) is 0 Å². The van der Waals surface area contributed by atoms with Gasteiger partial charge < -0.3 is 10.2 Å². The lowest BCUT2D eigenvalue weighted by molar-refractivity contribution is -0.135. The molecule has 0 aliphatic carbocycles. The molecule has 0 bridgehead atoms. The van der Waals surface area contributed by atoms with E-state index in [1.165, 1.54) is 0 Å². The summed E-state index contributed by atoms with van der Waals surface area (Å²) in [6.45, 7) is 8.97. The Labute approximate surface area is 120 Å². The molecule has 19 heavy (non-hydrogen) atoms. The molecule has 0 aromatic heterocycles. The van der Waals surface area contributed by atoms with E-state index >= 15 is 0 Å². The molecular weight excluding hydrogens is 260 g/mol. The second-order valence-corrected chi connectivity index (χ2v) is 6.93. The van der Waals surface area contributed by atoms with Crippen LogP contribution in [0.1, 0.15) is 40.5 Å². The molecule has 0 spiro atoms. The average Bonchev–Trinajstić information content (AvgIpc) is 2.40. The van der Waals surface area contributed by atoms with Gasteiger partial charge in [-0.2, -0.15) is 11.8 Å². The number of nitrogens with zero attached hydrogens (tertiary/aromatic N) is 1. The van der Waals surface area contributed by atoms with E-state index in [2.05, 4.69) is 26.1 Å². The first-order valence-electron chi connectivity index (χ1n) is 7.13. The largest absolute Gasteiger partial charge is 0.344 e. The lowest BCUT2D eigenvalue weighted by Crippen LogP contribution is -2.47. The summed E-state index contributed by atoms with van der Waals surface area (Å²) in [5.41, 5.74) is 0. The topological polar surface area (TPSA) is 49.4 Å². The van der Waals surface area contributed by atoms with Gasteiger partial charge in [0.15, 0.2) is 0 Å². The van der Waals surface area contributed by atoms with Crippen LogP contribution < -0.4 is 5.32 Å².